The Labute approximate surface area is 103 Å². The molecule has 0 aliphatic heterocycles. The van der Waals surface area contributed by atoms with Crippen molar-refractivity contribution in [2.75, 3.05) is 27.2 Å². The highest BCUT2D eigenvalue weighted by Crippen LogP contribution is 2.23. The molecule has 2 nitrogen and oxygen atoms in total. The fourth-order valence-electron chi connectivity index (χ4n) is 1.87. The molecule has 0 aromatic heterocycles. The van der Waals surface area contributed by atoms with Gasteiger partial charge in [0.2, 0.25) is 0 Å². The molecule has 98 valence electrons. The molecule has 2 heteroatoms. The SMILES string of the molecule is CNCCCCCCN(C)C(C)C(C)(C)C. The van der Waals surface area contributed by atoms with Gasteiger partial charge in [0.05, 0.1) is 0 Å². The summed E-state index contributed by atoms with van der Waals surface area (Å²) in [6.07, 6.45) is 5.37. The lowest BCUT2D eigenvalue weighted by Gasteiger charge is -2.35. The van der Waals surface area contributed by atoms with E-state index in [0.29, 0.717) is 11.5 Å². The van der Waals surface area contributed by atoms with Crippen molar-refractivity contribution in [2.45, 2.75) is 59.4 Å². The van der Waals surface area contributed by atoms with Gasteiger partial charge < -0.3 is 10.2 Å². The Morgan fingerprint density at radius 1 is 1.06 bits per heavy atom. The molecule has 0 rings (SSSR count). The fraction of sp³-hybridized carbons (Fsp3) is 1.00. The molecule has 1 atom stereocenters. The molecule has 16 heavy (non-hydrogen) atoms. The van der Waals surface area contributed by atoms with E-state index in [1.54, 1.807) is 0 Å². The summed E-state index contributed by atoms with van der Waals surface area (Å²) in [4.78, 5) is 2.50. The van der Waals surface area contributed by atoms with Crippen LogP contribution in [-0.4, -0.2) is 38.1 Å². The summed E-state index contributed by atoms with van der Waals surface area (Å²) in [5.74, 6) is 0. The van der Waals surface area contributed by atoms with E-state index in [1.807, 2.05) is 7.05 Å². The first-order valence-corrected chi connectivity index (χ1v) is 6.74. The summed E-state index contributed by atoms with van der Waals surface area (Å²) in [6, 6.07) is 0.657. The molecular weight excluding hydrogens is 196 g/mol. The van der Waals surface area contributed by atoms with Crippen molar-refractivity contribution >= 4 is 0 Å². The minimum absolute atomic E-state index is 0.390. The van der Waals surface area contributed by atoms with Crippen molar-refractivity contribution in [2.24, 2.45) is 5.41 Å². The summed E-state index contributed by atoms with van der Waals surface area (Å²) in [5, 5.41) is 3.20. The summed E-state index contributed by atoms with van der Waals surface area (Å²) < 4.78 is 0. The van der Waals surface area contributed by atoms with Crippen LogP contribution in [0.1, 0.15) is 53.4 Å². The first-order chi connectivity index (χ1) is 7.39. The second kappa shape index (κ2) is 8.08. The number of unbranched alkanes of at least 4 members (excludes halogenated alkanes) is 3. The van der Waals surface area contributed by atoms with E-state index in [9.17, 15) is 0 Å². The van der Waals surface area contributed by atoms with Gasteiger partial charge in [0, 0.05) is 6.04 Å². The molecule has 0 aliphatic rings. The minimum Gasteiger partial charge on any atom is -0.320 e. The van der Waals surface area contributed by atoms with Crippen molar-refractivity contribution in [1.82, 2.24) is 10.2 Å². The maximum absolute atomic E-state index is 3.20. The number of hydrogen-bond donors (Lipinski definition) is 1. The Bertz CT molecular complexity index is 161. The van der Waals surface area contributed by atoms with Gasteiger partial charge in [-0.05, 0) is 52.4 Å². The Morgan fingerprint density at radius 3 is 2.12 bits per heavy atom. The van der Waals surface area contributed by atoms with Crippen LogP contribution in [0.25, 0.3) is 0 Å². The smallest absolute Gasteiger partial charge is 0.0112 e. The predicted molar refractivity (Wildman–Crippen MR) is 73.9 cm³/mol. The van der Waals surface area contributed by atoms with Gasteiger partial charge in [-0.2, -0.15) is 0 Å². The van der Waals surface area contributed by atoms with Crippen molar-refractivity contribution < 1.29 is 0 Å². The standard InChI is InChI=1S/C14H32N2/c1-13(14(2,3)4)16(6)12-10-8-7-9-11-15-5/h13,15H,7-12H2,1-6H3. The maximum atomic E-state index is 3.20. The average Bonchev–Trinajstić information content (AvgIpc) is 2.20. The van der Waals surface area contributed by atoms with Crippen molar-refractivity contribution in [3.63, 3.8) is 0 Å². The molecule has 0 fully saturated rings. The molecule has 0 bridgehead atoms. The fourth-order valence-corrected chi connectivity index (χ4v) is 1.87. The van der Waals surface area contributed by atoms with E-state index in [-0.39, 0.29) is 0 Å². The van der Waals surface area contributed by atoms with Crippen LogP contribution in [0.2, 0.25) is 0 Å². The lowest BCUT2D eigenvalue weighted by atomic mass is 9.87. The van der Waals surface area contributed by atoms with Gasteiger partial charge in [-0.1, -0.05) is 33.6 Å². The molecule has 0 amide bonds. The van der Waals surface area contributed by atoms with Gasteiger partial charge in [0.25, 0.3) is 0 Å². The average molecular weight is 228 g/mol. The van der Waals surface area contributed by atoms with Gasteiger partial charge in [0.1, 0.15) is 0 Å². The highest BCUT2D eigenvalue weighted by molar-refractivity contribution is 4.77. The zero-order valence-electron chi connectivity index (χ0n) is 12.3. The molecule has 1 unspecified atom stereocenters. The lowest BCUT2D eigenvalue weighted by Crippen LogP contribution is -2.39. The first-order valence-electron chi connectivity index (χ1n) is 6.74. The first kappa shape index (κ1) is 15.9. The summed E-state index contributed by atoms with van der Waals surface area (Å²) in [7, 11) is 4.28. The third-order valence-electron chi connectivity index (χ3n) is 3.60. The Balaban J connectivity index is 3.54. The molecule has 0 saturated heterocycles. The molecule has 0 aromatic carbocycles. The van der Waals surface area contributed by atoms with Crippen LogP contribution < -0.4 is 5.32 Å². The third kappa shape index (κ3) is 7.24. The van der Waals surface area contributed by atoms with Gasteiger partial charge in [-0.3, -0.25) is 0 Å². The van der Waals surface area contributed by atoms with E-state index >= 15 is 0 Å². The van der Waals surface area contributed by atoms with Crippen LogP contribution >= 0.6 is 0 Å². The van der Waals surface area contributed by atoms with Crippen LogP contribution in [0.15, 0.2) is 0 Å². The van der Waals surface area contributed by atoms with E-state index in [0.717, 1.165) is 6.54 Å². The zero-order chi connectivity index (χ0) is 12.6. The molecule has 0 aromatic rings. The second-order valence-electron chi connectivity index (χ2n) is 6.04. The van der Waals surface area contributed by atoms with Crippen LogP contribution in [0.5, 0.6) is 0 Å². The topological polar surface area (TPSA) is 15.3 Å². The quantitative estimate of drug-likeness (QED) is 0.642. The van der Waals surface area contributed by atoms with Crippen molar-refractivity contribution in [3.05, 3.63) is 0 Å². The van der Waals surface area contributed by atoms with E-state index in [4.69, 9.17) is 0 Å². The van der Waals surface area contributed by atoms with E-state index < -0.39 is 0 Å². The van der Waals surface area contributed by atoms with Crippen molar-refractivity contribution in [1.29, 1.82) is 0 Å². The van der Waals surface area contributed by atoms with Crippen LogP contribution in [-0.2, 0) is 0 Å². The normalized spacial score (nSPS) is 14.4. The van der Waals surface area contributed by atoms with Gasteiger partial charge >= 0.3 is 0 Å². The highest BCUT2D eigenvalue weighted by Gasteiger charge is 2.23. The number of hydrogen-bond acceptors (Lipinski definition) is 2. The van der Waals surface area contributed by atoms with Gasteiger partial charge in [-0.15, -0.1) is 0 Å². The molecule has 0 heterocycles. The molecule has 0 radical (unpaired) electrons. The molecule has 0 saturated carbocycles. The van der Waals surface area contributed by atoms with Crippen LogP contribution in [0.4, 0.5) is 0 Å². The number of nitrogens with zero attached hydrogens (tertiary/aromatic N) is 1. The second-order valence-corrected chi connectivity index (χ2v) is 6.04. The van der Waals surface area contributed by atoms with Gasteiger partial charge in [0.15, 0.2) is 0 Å². The summed E-state index contributed by atoms with van der Waals surface area (Å²) in [5.41, 5.74) is 0.390. The molecular formula is C14H32N2. The monoisotopic (exact) mass is 228 g/mol. The lowest BCUT2D eigenvalue weighted by molar-refractivity contribution is 0.139. The maximum Gasteiger partial charge on any atom is 0.0112 e. The van der Waals surface area contributed by atoms with Crippen LogP contribution in [0.3, 0.4) is 0 Å². The van der Waals surface area contributed by atoms with Crippen LogP contribution in [0, 0.1) is 5.41 Å². The number of nitrogens with one attached hydrogen (secondary N) is 1. The third-order valence-corrected chi connectivity index (χ3v) is 3.60. The Hall–Kier alpha value is -0.0800. The highest BCUT2D eigenvalue weighted by atomic mass is 15.1. The van der Waals surface area contributed by atoms with E-state index in [1.165, 1.54) is 32.2 Å². The Kier molecular flexibility index (Phi) is 8.04. The van der Waals surface area contributed by atoms with Gasteiger partial charge in [-0.25, -0.2) is 0 Å². The Morgan fingerprint density at radius 2 is 1.62 bits per heavy atom. The molecule has 1 N–H and O–H groups in total. The molecule has 0 spiro atoms. The minimum atomic E-state index is 0.390. The zero-order valence-corrected chi connectivity index (χ0v) is 12.3. The van der Waals surface area contributed by atoms with E-state index in [2.05, 4.69) is 45.0 Å². The summed E-state index contributed by atoms with van der Waals surface area (Å²) in [6.45, 7) is 11.7. The predicted octanol–water partition coefficient (Wildman–Crippen LogP) is 3.13. The van der Waals surface area contributed by atoms with Crippen molar-refractivity contribution in [3.8, 4) is 0 Å². The number of rotatable bonds is 8. The molecule has 0 aliphatic carbocycles. The summed E-state index contributed by atoms with van der Waals surface area (Å²) >= 11 is 0. The largest absolute Gasteiger partial charge is 0.320 e.